The van der Waals surface area contributed by atoms with E-state index in [-0.39, 0.29) is 11.8 Å². The number of benzene rings is 2. The average molecular weight is 421 g/mol. The van der Waals surface area contributed by atoms with Crippen molar-refractivity contribution < 1.29 is 14.3 Å². The van der Waals surface area contributed by atoms with Crippen molar-refractivity contribution in [2.24, 2.45) is 5.92 Å². The molecule has 0 radical (unpaired) electrons. The zero-order chi connectivity index (χ0) is 21.8. The second-order valence-electron chi connectivity index (χ2n) is 8.91. The summed E-state index contributed by atoms with van der Waals surface area (Å²) < 4.78 is 6.02. The topological polar surface area (TPSA) is 49.9 Å². The lowest BCUT2D eigenvalue weighted by Gasteiger charge is -2.33. The van der Waals surface area contributed by atoms with Gasteiger partial charge in [-0.25, -0.2) is 0 Å². The first-order chi connectivity index (χ1) is 15.0. The highest BCUT2D eigenvalue weighted by atomic mass is 16.5. The van der Waals surface area contributed by atoms with Gasteiger partial charge in [-0.15, -0.1) is 0 Å². The van der Waals surface area contributed by atoms with E-state index >= 15 is 0 Å². The van der Waals surface area contributed by atoms with E-state index < -0.39 is 0 Å². The SMILES string of the molecule is Cc1ccc(C)c(C(=O)N2CCCC(COc3ccc(C(=O)N4CCCC4)cc3)C2)c1. The largest absolute Gasteiger partial charge is 0.493 e. The number of nitrogens with zero attached hydrogens (tertiary/aromatic N) is 2. The first-order valence-electron chi connectivity index (χ1n) is 11.4. The Kier molecular flexibility index (Phi) is 6.59. The third-order valence-electron chi connectivity index (χ3n) is 6.41. The lowest BCUT2D eigenvalue weighted by atomic mass is 9.97. The highest BCUT2D eigenvalue weighted by Gasteiger charge is 2.26. The van der Waals surface area contributed by atoms with E-state index in [0.717, 1.165) is 79.9 Å². The maximum absolute atomic E-state index is 13.1. The van der Waals surface area contributed by atoms with Gasteiger partial charge in [-0.1, -0.05) is 17.7 Å². The Morgan fingerprint density at radius 3 is 2.35 bits per heavy atom. The summed E-state index contributed by atoms with van der Waals surface area (Å²) in [5.74, 6) is 1.32. The molecule has 2 aliphatic heterocycles. The lowest BCUT2D eigenvalue weighted by molar-refractivity contribution is 0.0632. The summed E-state index contributed by atoms with van der Waals surface area (Å²) in [5, 5.41) is 0. The van der Waals surface area contributed by atoms with Crippen LogP contribution in [0.2, 0.25) is 0 Å². The quantitative estimate of drug-likeness (QED) is 0.717. The highest BCUT2D eigenvalue weighted by molar-refractivity contribution is 5.96. The van der Waals surface area contributed by atoms with Crippen LogP contribution in [0.25, 0.3) is 0 Å². The lowest BCUT2D eigenvalue weighted by Crippen LogP contribution is -2.41. The van der Waals surface area contributed by atoms with Crippen molar-refractivity contribution in [3.8, 4) is 5.75 Å². The van der Waals surface area contributed by atoms with Crippen molar-refractivity contribution in [2.75, 3.05) is 32.8 Å². The standard InChI is InChI=1S/C26H32N2O3/c1-19-7-8-20(2)24(16-19)26(30)28-15-5-6-21(17-28)18-31-23-11-9-22(10-12-23)25(29)27-13-3-4-14-27/h7-12,16,21H,3-6,13-15,17-18H2,1-2H3. The minimum atomic E-state index is 0.108. The van der Waals surface area contributed by atoms with Gasteiger partial charge in [0.2, 0.25) is 0 Å². The predicted octanol–water partition coefficient (Wildman–Crippen LogP) is 4.47. The van der Waals surface area contributed by atoms with Crippen LogP contribution in [-0.2, 0) is 0 Å². The van der Waals surface area contributed by atoms with E-state index in [1.165, 1.54) is 0 Å². The summed E-state index contributed by atoms with van der Waals surface area (Å²) in [5.41, 5.74) is 3.66. The number of ether oxygens (including phenoxy) is 1. The Morgan fingerprint density at radius 1 is 0.903 bits per heavy atom. The van der Waals surface area contributed by atoms with Gasteiger partial charge in [0.05, 0.1) is 6.61 Å². The molecule has 5 heteroatoms. The highest BCUT2D eigenvalue weighted by Crippen LogP contribution is 2.23. The van der Waals surface area contributed by atoms with E-state index in [4.69, 9.17) is 4.74 Å². The molecule has 164 valence electrons. The van der Waals surface area contributed by atoms with Crippen LogP contribution < -0.4 is 4.74 Å². The van der Waals surface area contributed by atoms with E-state index in [9.17, 15) is 9.59 Å². The molecule has 2 aromatic carbocycles. The smallest absolute Gasteiger partial charge is 0.254 e. The molecule has 2 aromatic rings. The first-order valence-corrected chi connectivity index (χ1v) is 11.4. The normalized spacial score (nSPS) is 18.8. The van der Waals surface area contributed by atoms with Crippen molar-refractivity contribution in [1.82, 2.24) is 9.80 Å². The Bertz CT molecular complexity index is 932. The minimum Gasteiger partial charge on any atom is -0.493 e. The number of hydrogen-bond acceptors (Lipinski definition) is 3. The van der Waals surface area contributed by atoms with Crippen LogP contribution >= 0.6 is 0 Å². The number of rotatable bonds is 5. The van der Waals surface area contributed by atoms with Gasteiger partial charge < -0.3 is 14.5 Å². The van der Waals surface area contributed by atoms with Crippen LogP contribution in [-0.4, -0.2) is 54.4 Å². The molecule has 0 bridgehead atoms. The average Bonchev–Trinajstić information content (AvgIpc) is 3.34. The number of carbonyl (C=O) groups is 2. The maximum atomic E-state index is 13.1. The maximum Gasteiger partial charge on any atom is 0.254 e. The van der Waals surface area contributed by atoms with E-state index in [0.29, 0.717) is 12.5 Å². The van der Waals surface area contributed by atoms with E-state index in [2.05, 4.69) is 0 Å². The third kappa shape index (κ3) is 5.09. The van der Waals surface area contributed by atoms with Crippen LogP contribution in [0.3, 0.4) is 0 Å². The van der Waals surface area contributed by atoms with E-state index in [1.54, 1.807) is 0 Å². The summed E-state index contributed by atoms with van der Waals surface area (Å²) in [7, 11) is 0. The Balaban J connectivity index is 1.32. The van der Waals surface area contributed by atoms with Gasteiger partial charge in [0, 0.05) is 43.2 Å². The van der Waals surface area contributed by atoms with Crippen LogP contribution in [0.4, 0.5) is 0 Å². The monoisotopic (exact) mass is 420 g/mol. The van der Waals surface area contributed by atoms with Gasteiger partial charge in [-0.3, -0.25) is 9.59 Å². The summed E-state index contributed by atoms with van der Waals surface area (Å²) in [6.07, 6.45) is 4.24. The summed E-state index contributed by atoms with van der Waals surface area (Å²) in [6, 6.07) is 13.5. The molecule has 2 saturated heterocycles. The Hall–Kier alpha value is -2.82. The van der Waals surface area contributed by atoms with Gasteiger partial charge in [-0.2, -0.15) is 0 Å². The van der Waals surface area contributed by atoms with Gasteiger partial charge in [-0.05, 0) is 75.4 Å². The number of carbonyl (C=O) groups excluding carboxylic acids is 2. The van der Waals surface area contributed by atoms with Crippen LogP contribution in [0.1, 0.15) is 57.5 Å². The number of hydrogen-bond donors (Lipinski definition) is 0. The van der Waals surface area contributed by atoms with Crippen LogP contribution in [0, 0.1) is 19.8 Å². The molecule has 0 saturated carbocycles. The van der Waals surface area contributed by atoms with Gasteiger partial charge in [0.25, 0.3) is 11.8 Å². The van der Waals surface area contributed by atoms with Crippen LogP contribution in [0.15, 0.2) is 42.5 Å². The van der Waals surface area contributed by atoms with Crippen molar-refractivity contribution >= 4 is 11.8 Å². The second kappa shape index (κ2) is 9.54. The van der Waals surface area contributed by atoms with Gasteiger partial charge in [0.15, 0.2) is 0 Å². The summed E-state index contributed by atoms with van der Waals surface area (Å²) in [6.45, 7) is 7.83. The fourth-order valence-electron chi connectivity index (χ4n) is 4.53. The molecule has 2 fully saturated rings. The predicted molar refractivity (Wildman–Crippen MR) is 122 cm³/mol. The van der Waals surface area contributed by atoms with Gasteiger partial charge >= 0.3 is 0 Å². The summed E-state index contributed by atoms with van der Waals surface area (Å²) >= 11 is 0. The molecule has 0 spiro atoms. The fourth-order valence-corrected chi connectivity index (χ4v) is 4.53. The molecule has 2 aliphatic rings. The van der Waals surface area contributed by atoms with Crippen molar-refractivity contribution in [2.45, 2.75) is 39.5 Å². The molecule has 31 heavy (non-hydrogen) atoms. The third-order valence-corrected chi connectivity index (χ3v) is 6.41. The Labute approximate surface area is 185 Å². The molecule has 2 heterocycles. The molecule has 0 N–H and O–H groups in total. The second-order valence-corrected chi connectivity index (χ2v) is 8.91. The van der Waals surface area contributed by atoms with Crippen LogP contribution in [0.5, 0.6) is 5.75 Å². The first kappa shape index (κ1) is 21.4. The molecule has 1 unspecified atom stereocenters. The molecule has 0 aliphatic carbocycles. The van der Waals surface area contributed by atoms with Crippen molar-refractivity contribution in [1.29, 1.82) is 0 Å². The molecule has 2 amide bonds. The zero-order valence-electron chi connectivity index (χ0n) is 18.6. The molecular formula is C26H32N2O3. The molecule has 0 aromatic heterocycles. The van der Waals surface area contributed by atoms with E-state index in [1.807, 2.05) is 66.1 Å². The van der Waals surface area contributed by atoms with Crippen molar-refractivity contribution in [3.63, 3.8) is 0 Å². The van der Waals surface area contributed by atoms with Gasteiger partial charge in [0.1, 0.15) is 5.75 Å². The number of amides is 2. The van der Waals surface area contributed by atoms with Crippen molar-refractivity contribution in [3.05, 3.63) is 64.7 Å². The number of likely N-dealkylation sites (tertiary alicyclic amines) is 2. The minimum absolute atomic E-state index is 0.108. The zero-order valence-corrected chi connectivity index (χ0v) is 18.6. The fraction of sp³-hybridized carbons (Fsp3) is 0.462. The molecule has 1 atom stereocenters. The molecule has 4 rings (SSSR count). The number of piperidine rings is 1. The Morgan fingerprint density at radius 2 is 1.61 bits per heavy atom. The summed E-state index contributed by atoms with van der Waals surface area (Å²) in [4.78, 5) is 29.4. The molecular weight excluding hydrogens is 388 g/mol. The molecule has 5 nitrogen and oxygen atoms in total. The number of aryl methyl sites for hydroxylation is 2.